The highest BCUT2D eigenvalue weighted by molar-refractivity contribution is 9.09. The molecular weight excluding hydrogens is 250 g/mol. The maximum absolute atomic E-state index is 3.59. The molecule has 1 unspecified atom stereocenters. The minimum atomic E-state index is 0.655. The fraction of sp³-hybridized carbons (Fsp3) is 0.538. The Morgan fingerprint density at radius 1 is 1.27 bits per heavy atom. The van der Waals surface area contributed by atoms with Crippen LogP contribution in [0.4, 0.5) is 0 Å². The molecule has 15 heavy (non-hydrogen) atoms. The Labute approximate surface area is 101 Å². The first-order valence-corrected chi connectivity index (χ1v) is 6.60. The summed E-state index contributed by atoms with van der Waals surface area (Å²) in [5, 5.41) is 0. The zero-order chi connectivity index (χ0) is 10.7. The molecule has 1 heterocycles. The lowest BCUT2D eigenvalue weighted by molar-refractivity contribution is 0.278. The number of nitrogens with zero attached hydrogens (tertiary/aromatic N) is 1. The average Bonchev–Trinajstić information content (AvgIpc) is 2.59. The van der Waals surface area contributed by atoms with Gasteiger partial charge in [0.25, 0.3) is 0 Å². The van der Waals surface area contributed by atoms with E-state index in [1.807, 2.05) is 0 Å². The first kappa shape index (κ1) is 11.2. The Balaban J connectivity index is 1.80. The van der Waals surface area contributed by atoms with Gasteiger partial charge in [-0.15, -0.1) is 0 Å². The van der Waals surface area contributed by atoms with E-state index in [9.17, 15) is 0 Å². The second-order valence-corrected chi connectivity index (χ2v) is 5.97. The summed E-state index contributed by atoms with van der Waals surface area (Å²) in [5.41, 5.74) is 3.04. The van der Waals surface area contributed by atoms with Crippen LogP contribution in [0.1, 0.15) is 30.9 Å². The SMILES string of the molecule is CC(Br)CCCN1Cc2ccccc2C1. The van der Waals surface area contributed by atoms with Crippen LogP contribution in [-0.2, 0) is 13.1 Å². The largest absolute Gasteiger partial charge is 0.295 e. The van der Waals surface area contributed by atoms with Crippen molar-refractivity contribution in [1.82, 2.24) is 4.90 Å². The number of rotatable bonds is 4. The summed E-state index contributed by atoms with van der Waals surface area (Å²) in [4.78, 5) is 3.20. The molecule has 82 valence electrons. The summed E-state index contributed by atoms with van der Waals surface area (Å²) in [7, 11) is 0. The van der Waals surface area contributed by atoms with E-state index < -0.39 is 0 Å². The molecule has 0 saturated heterocycles. The first-order chi connectivity index (χ1) is 7.25. The van der Waals surface area contributed by atoms with Gasteiger partial charge >= 0.3 is 0 Å². The fourth-order valence-corrected chi connectivity index (χ4v) is 2.48. The maximum Gasteiger partial charge on any atom is 0.0240 e. The van der Waals surface area contributed by atoms with E-state index in [-0.39, 0.29) is 0 Å². The topological polar surface area (TPSA) is 3.24 Å². The lowest BCUT2D eigenvalue weighted by Gasteiger charge is -2.14. The standard InChI is InChI=1S/C13H18BrN/c1-11(14)5-4-8-15-9-12-6-2-3-7-13(12)10-15/h2-3,6-7,11H,4-5,8-10H2,1H3. The monoisotopic (exact) mass is 267 g/mol. The molecule has 1 atom stereocenters. The Bertz CT molecular complexity index is 297. The van der Waals surface area contributed by atoms with Crippen LogP contribution in [0, 0.1) is 0 Å². The summed E-state index contributed by atoms with van der Waals surface area (Å²) in [5.74, 6) is 0. The van der Waals surface area contributed by atoms with Gasteiger partial charge in [0.15, 0.2) is 0 Å². The number of alkyl halides is 1. The summed E-state index contributed by atoms with van der Waals surface area (Å²) in [6, 6.07) is 8.79. The number of hydrogen-bond donors (Lipinski definition) is 0. The van der Waals surface area contributed by atoms with Gasteiger partial charge in [-0.25, -0.2) is 0 Å². The molecule has 2 heteroatoms. The van der Waals surface area contributed by atoms with Gasteiger partial charge in [0, 0.05) is 17.9 Å². The van der Waals surface area contributed by atoms with Crippen molar-refractivity contribution in [3.8, 4) is 0 Å². The highest BCUT2D eigenvalue weighted by Crippen LogP contribution is 2.22. The van der Waals surface area contributed by atoms with E-state index in [2.05, 4.69) is 52.0 Å². The van der Waals surface area contributed by atoms with Crippen LogP contribution in [0.25, 0.3) is 0 Å². The third-order valence-corrected chi connectivity index (χ3v) is 3.44. The summed E-state index contributed by atoms with van der Waals surface area (Å²) in [6.07, 6.45) is 2.56. The quantitative estimate of drug-likeness (QED) is 0.755. The second kappa shape index (κ2) is 5.13. The van der Waals surface area contributed by atoms with Gasteiger partial charge in [-0.3, -0.25) is 4.90 Å². The third-order valence-electron chi connectivity index (χ3n) is 2.98. The molecule has 0 spiro atoms. The molecule has 0 saturated carbocycles. The van der Waals surface area contributed by atoms with Gasteiger partial charge < -0.3 is 0 Å². The van der Waals surface area contributed by atoms with Crippen molar-refractivity contribution in [2.45, 2.75) is 37.7 Å². The minimum Gasteiger partial charge on any atom is -0.295 e. The Morgan fingerprint density at radius 2 is 1.87 bits per heavy atom. The van der Waals surface area contributed by atoms with Crippen LogP contribution in [-0.4, -0.2) is 16.3 Å². The smallest absolute Gasteiger partial charge is 0.0240 e. The molecule has 0 bridgehead atoms. The summed E-state index contributed by atoms with van der Waals surface area (Å²) < 4.78 is 0. The highest BCUT2D eigenvalue weighted by atomic mass is 79.9. The molecule has 0 amide bonds. The van der Waals surface area contributed by atoms with E-state index in [4.69, 9.17) is 0 Å². The van der Waals surface area contributed by atoms with Gasteiger partial charge in [-0.05, 0) is 30.5 Å². The van der Waals surface area contributed by atoms with E-state index in [1.54, 1.807) is 0 Å². The van der Waals surface area contributed by atoms with Crippen LogP contribution in [0.3, 0.4) is 0 Å². The van der Waals surface area contributed by atoms with Gasteiger partial charge in [0.05, 0.1) is 0 Å². The van der Waals surface area contributed by atoms with E-state index >= 15 is 0 Å². The molecule has 1 aliphatic rings. The van der Waals surface area contributed by atoms with Crippen LogP contribution in [0.15, 0.2) is 24.3 Å². The van der Waals surface area contributed by atoms with Crippen molar-refractivity contribution in [1.29, 1.82) is 0 Å². The predicted molar refractivity (Wildman–Crippen MR) is 68.2 cm³/mol. The van der Waals surface area contributed by atoms with Crippen molar-refractivity contribution in [2.75, 3.05) is 6.54 Å². The van der Waals surface area contributed by atoms with Gasteiger partial charge in [-0.2, -0.15) is 0 Å². The fourth-order valence-electron chi connectivity index (χ4n) is 2.16. The van der Waals surface area contributed by atoms with Gasteiger partial charge in [-0.1, -0.05) is 47.1 Å². The summed E-state index contributed by atoms with van der Waals surface area (Å²) >= 11 is 3.59. The predicted octanol–water partition coefficient (Wildman–Crippen LogP) is 3.57. The Hall–Kier alpha value is -0.340. The van der Waals surface area contributed by atoms with E-state index in [0.29, 0.717) is 4.83 Å². The first-order valence-electron chi connectivity index (χ1n) is 5.69. The molecule has 2 rings (SSSR count). The molecule has 0 aliphatic carbocycles. The molecule has 1 aromatic rings. The van der Waals surface area contributed by atoms with E-state index in [1.165, 1.54) is 30.5 Å². The number of halogens is 1. The number of hydrogen-bond acceptors (Lipinski definition) is 1. The molecule has 0 radical (unpaired) electrons. The highest BCUT2D eigenvalue weighted by Gasteiger charge is 2.17. The maximum atomic E-state index is 3.59. The van der Waals surface area contributed by atoms with Crippen LogP contribution < -0.4 is 0 Å². The molecule has 1 nitrogen and oxygen atoms in total. The zero-order valence-corrected chi connectivity index (χ0v) is 10.8. The molecular formula is C13H18BrN. The lowest BCUT2D eigenvalue weighted by atomic mass is 10.1. The molecule has 0 fully saturated rings. The average molecular weight is 268 g/mol. The number of fused-ring (bicyclic) bond motifs is 1. The van der Waals surface area contributed by atoms with Crippen molar-refractivity contribution < 1.29 is 0 Å². The van der Waals surface area contributed by atoms with Crippen molar-refractivity contribution in [2.24, 2.45) is 0 Å². The molecule has 0 aromatic heterocycles. The van der Waals surface area contributed by atoms with Gasteiger partial charge in [0.2, 0.25) is 0 Å². The normalized spacial score (nSPS) is 17.7. The third kappa shape index (κ3) is 3.05. The Morgan fingerprint density at radius 3 is 2.40 bits per heavy atom. The summed E-state index contributed by atoms with van der Waals surface area (Å²) in [6.45, 7) is 5.74. The van der Waals surface area contributed by atoms with Crippen LogP contribution in [0.2, 0.25) is 0 Å². The zero-order valence-electron chi connectivity index (χ0n) is 9.25. The molecule has 0 N–H and O–H groups in total. The Kier molecular flexibility index (Phi) is 3.81. The van der Waals surface area contributed by atoms with Crippen molar-refractivity contribution in [3.63, 3.8) is 0 Å². The lowest BCUT2D eigenvalue weighted by Crippen LogP contribution is -2.18. The second-order valence-electron chi connectivity index (χ2n) is 4.40. The minimum absolute atomic E-state index is 0.655. The molecule has 1 aromatic carbocycles. The van der Waals surface area contributed by atoms with Gasteiger partial charge in [0.1, 0.15) is 0 Å². The van der Waals surface area contributed by atoms with Crippen LogP contribution in [0.5, 0.6) is 0 Å². The molecule has 1 aliphatic heterocycles. The van der Waals surface area contributed by atoms with Crippen molar-refractivity contribution in [3.05, 3.63) is 35.4 Å². The van der Waals surface area contributed by atoms with Crippen LogP contribution >= 0.6 is 15.9 Å². The van der Waals surface area contributed by atoms with E-state index in [0.717, 1.165) is 13.1 Å². The number of benzene rings is 1. The van der Waals surface area contributed by atoms with Crippen molar-refractivity contribution >= 4 is 15.9 Å².